The van der Waals surface area contributed by atoms with Gasteiger partial charge in [0.1, 0.15) is 0 Å². The second kappa shape index (κ2) is 10.2. The SMILES string of the molecule is CCc1ccc(NC(=O)CCN(CCCc2ccccc2)S(C)(=O)=O)cc1. The highest BCUT2D eigenvalue weighted by molar-refractivity contribution is 7.88. The van der Waals surface area contributed by atoms with Crippen LogP contribution in [0.5, 0.6) is 0 Å². The first-order valence-electron chi connectivity index (χ1n) is 9.26. The van der Waals surface area contributed by atoms with E-state index in [0.717, 1.165) is 24.9 Å². The minimum atomic E-state index is -3.34. The number of hydrogen-bond donors (Lipinski definition) is 1. The van der Waals surface area contributed by atoms with Crippen LogP contribution in [0.15, 0.2) is 54.6 Å². The topological polar surface area (TPSA) is 66.5 Å². The zero-order valence-electron chi connectivity index (χ0n) is 16.0. The molecule has 0 atom stereocenters. The Bertz CT molecular complexity index is 818. The summed E-state index contributed by atoms with van der Waals surface area (Å²) in [7, 11) is -3.34. The van der Waals surface area contributed by atoms with E-state index in [-0.39, 0.29) is 18.9 Å². The number of rotatable bonds is 10. The van der Waals surface area contributed by atoms with Gasteiger partial charge in [0, 0.05) is 25.2 Å². The molecule has 0 saturated carbocycles. The number of aryl methyl sites for hydroxylation is 2. The summed E-state index contributed by atoms with van der Waals surface area (Å²) < 4.78 is 25.4. The molecule has 0 aromatic heterocycles. The molecule has 1 amide bonds. The third-order valence-corrected chi connectivity index (χ3v) is 5.72. The highest BCUT2D eigenvalue weighted by Crippen LogP contribution is 2.11. The van der Waals surface area contributed by atoms with E-state index in [2.05, 4.69) is 12.2 Å². The third-order valence-electron chi connectivity index (χ3n) is 4.42. The number of nitrogens with one attached hydrogen (secondary N) is 1. The summed E-state index contributed by atoms with van der Waals surface area (Å²) in [5.74, 6) is -0.184. The highest BCUT2D eigenvalue weighted by atomic mass is 32.2. The minimum Gasteiger partial charge on any atom is -0.326 e. The lowest BCUT2D eigenvalue weighted by Gasteiger charge is -2.19. The molecule has 0 bridgehead atoms. The maximum absolute atomic E-state index is 12.2. The molecule has 1 N–H and O–H groups in total. The van der Waals surface area contributed by atoms with Gasteiger partial charge in [0.25, 0.3) is 0 Å². The van der Waals surface area contributed by atoms with E-state index < -0.39 is 10.0 Å². The fraction of sp³-hybridized carbons (Fsp3) is 0.381. The van der Waals surface area contributed by atoms with Crippen LogP contribution in [0.25, 0.3) is 0 Å². The molecule has 0 aliphatic rings. The average Bonchev–Trinajstić information content (AvgIpc) is 2.65. The number of anilines is 1. The Morgan fingerprint density at radius 2 is 1.63 bits per heavy atom. The van der Waals surface area contributed by atoms with E-state index in [9.17, 15) is 13.2 Å². The monoisotopic (exact) mass is 388 g/mol. The largest absolute Gasteiger partial charge is 0.326 e. The van der Waals surface area contributed by atoms with Gasteiger partial charge in [-0.3, -0.25) is 4.79 Å². The second-order valence-electron chi connectivity index (χ2n) is 6.60. The van der Waals surface area contributed by atoms with Gasteiger partial charge in [0.05, 0.1) is 6.26 Å². The predicted octanol–water partition coefficient (Wildman–Crippen LogP) is 3.47. The van der Waals surface area contributed by atoms with E-state index in [1.165, 1.54) is 21.7 Å². The number of amides is 1. The standard InChI is InChI=1S/C21H28N2O3S/c1-3-18-11-13-20(14-12-18)22-21(24)15-17-23(27(2,25)26)16-7-10-19-8-5-4-6-9-19/h4-6,8-9,11-14H,3,7,10,15-17H2,1-2H3,(H,22,24). The van der Waals surface area contributed by atoms with Gasteiger partial charge in [-0.05, 0) is 42.5 Å². The van der Waals surface area contributed by atoms with E-state index in [0.29, 0.717) is 6.54 Å². The van der Waals surface area contributed by atoms with Crippen molar-refractivity contribution in [1.82, 2.24) is 4.31 Å². The summed E-state index contributed by atoms with van der Waals surface area (Å²) in [4.78, 5) is 12.2. The molecule has 2 aromatic carbocycles. The second-order valence-corrected chi connectivity index (χ2v) is 8.58. The molecule has 0 radical (unpaired) electrons. The zero-order valence-corrected chi connectivity index (χ0v) is 16.8. The van der Waals surface area contributed by atoms with Crippen LogP contribution >= 0.6 is 0 Å². The number of benzene rings is 2. The molecule has 0 unspecified atom stereocenters. The number of carbonyl (C=O) groups excluding carboxylic acids is 1. The lowest BCUT2D eigenvalue weighted by atomic mass is 10.1. The molecular weight excluding hydrogens is 360 g/mol. The molecule has 27 heavy (non-hydrogen) atoms. The summed E-state index contributed by atoms with van der Waals surface area (Å²) in [6, 6.07) is 17.6. The average molecular weight is 389 g/mol. The first kappa shape index (κ1) is 21.1. The molecule has 0 spiro atoms. The first-order chi connectivity index (χ1) is 12.9. The molecule has 0 aliphatic carbocycles. The Labute approximate surface area is 162 Å². The lowest BCUT2D eigenvalue weighted by molar-refractivity contribution is -0.116. The van der Waals surface area contributed by atoms with Crippen molar-refractivity contribution in [2.75, 3.05) is 24.7 Å². The van der Waals surface area contributed by atoms with Gasteiger partial charge in [-0.1, -0.05) is 49.4 Å². The van der Waals surface area contributed by atoms with Gasteiger partial charge in [0.2, 0.25) is 15.9 Å². The van der Waals surface area contributed by atoms with Crippen LogP contribution in [0.3, 0.4) is 0 Å². The zero-order chi connectivity index (χ0) is 19.7. The fourth-order valence-electron chi connectivity index (χ4n) is 2.82. The summed E-state index contributed by atoms with van der Waals surface area (Å²) in [6.07, 6.45) is 3.80. The lowest BCUT2D eigenvalue weighted by Crippen LogP contribution is -2.34. The van der Waals surface area contributed by atoms with Gasteiger partial charge < -0.3 is 5.32 Å². The van der Waals surface area contributed by atoms with E-state index in [4.69, 9.17) is 0 Å². The Balaban J connectivity index is 1.83. The number of carbonyl (C=O) groups is 1. The van der Waals surface area contributed by atoms with Crippen molar-refractivity contribution in [3.63, 3.8) is 0 Å². The Kier molecular flexibility index (Phi) is 8.00. The molecular formula is C21H28N2O3S. The smallest absolute Gasteiger partial charge is 0.225 e. The number of sulfonamides is 1. The summed E-state index contributed by atoms with van der Waals surface area (Å²) in [5, 5.41) is 2.82. The maximum Gasteiger partial charge on any atom is 0.225 e. The van der Waals surface area contributed by atoms with Crippen molar-refractivity contribution in [3.05, 3.63) is 65.7 Å². The molecule has 0 saturated heterocycles. The van der Waals surface area contributed by atoms with E-state index >= 15 is 0 Å². The van der Waals surface area contributed by atoms with Crippen LogP contribution in [-0.2, 0) is 27.7 Å². The molecule has 146 valence electrons. The summed E-state index contributed by atoms with van der Waals surface area (Å²) in [5.41, 5.74) is 3.11. The van der Waals surface area contributed by atoms with Gasteiger partial charge in [-0.25, -0.2) is 12.7 Å². The molecule has 0 aliphatic heterocycles. The van der Waals surface area contributed by atoms with Crippen molar-refractivity contribution in [2.45, 2.75) is 32.6 Å². The normalized spacial score (nSPS) is 11.5. The van der Waals surface area contributed by atoms with Crippen molar-refractivity contribution < 1.29 is 13.2 Å². The van der Waals surface area contributed by atoms with Crippen molar-refractivity contribution in [1.29, 1.82) is 0 Å². The van der Waals surface area contributed by atoms with Crippen LogP contribution in [0.4, 0.5) is 5.69 Å². The fourth-order valence-corrected chi connectivity index (χ4v) is 3.70. The van der Waals surface area contributed by atoms with Crippen LogP contribution < -0.4 is 5.32 Å². The van der Waals surface area contributed by atoms with E-state index in [1.807, 2.05) is 54.6 Å². The molecule has 0 heterocycles. The van der Waals surface area contributed by atoms with Gasteiger partial charge in [-0.15, -0.1) is 0 Å². The van der Waals surface area contributed by atoms with Crippen molar-refractivity contribution in [2.24, 2.45) is 0 Å². The van der Waals surface area contributed by atoms with E-state index in [1.54, 1.807) is 0 Å². The van der Waals surface area contributed by atoms with Gasteiger partial charge in [-0.2, -0.15) is 0 Å². The Morgan fingerprint density at radius 1 is 0.963 bits per heavy atom. The summed E-state index contributed by atoms with van der Waals surface area (Å²) >= 11 is 0. The number of hydrogen-bond acceptors (Lipinski definition) is 3. The van der Waals surface area contributed by atoms with Crippen LogP contribution in [0, 0.1) is 0 Å². The molecule has 6 heteroatoms. The Morgan fingerprint density at radius 3 is 2.22 bits per heavy atom. The van der Waals surface area contributed by atoms with Crippen LogP contribution in [0.1, 0.15) is 30.9 Å². The quantitative estimate of drug-likeness (QED) is 0.678. The van der Waals surface area contributed by atoms with Crippen molar-refractivity contribution in [3.8, 4) is 0 Å². The first-order valence-corrected chi connectivity index (χ1v) is 11.1. The van der Waals surface area contributed by atoms with Crippen molar-refractivity contribution >= 4 is 21.6 Å². The summed E-state index contributed by atoms with van der Waals surface area (Å²) in [6.45, 7) is 2.67. The highest BCUT2D eigenvalue weighted by Gasteiger charge is 2.17. The van der Waals surface area contributed by atoms with Crippen LogP contribution in [0.2, 0.25) is 0 Å². The van der Waals surface area contributed by atoms with Crippen LogP contribution in [-0.4, -0.2) is 38.0 Å². The third kappa shape index (κ3) is 7.53. The van der Waals surface area contributed by atoms with Gasteiger partial charge >= 0.3 is 0 Å². The molecule has 0 fully saturated rings. The maximum atomic E-state index is 12.2. The number of nitrogens with zero attached hydrogens (tertiary/aromatic N) is 1. The predicted molar refractivity (Wildman–Crippen MR) is 110 cm³/mol. The van der Waals surface area contributed by atoms with Gasteiger partial charge in [0.15, 0.2) is 0 Å². The molecule has 5 nitrogen and oxygen atoms in total. The Hall–Kier alpha value is -2.18. The molecule has 2 rings (SSSR count). The minimum absolute atomic E-state index is 0.133. The molecule has 2 aromatic rings.